The van der Waals surface area contributed by atoms with Gasteiger partial charge in [-0.05, 0) is 0 Å². The minimum atomic E-state index is -5.77. The van der Waals surface area contributed by atoms with Crippen molar-refractivity contribution in [2.24, 2.45) is 7.05 Å². The number of aryl methyl sites for hydroxylation is 1. The molecule has 4 unspecified atom stereocenters. The highest BCUT2D eigenvalue weighted by molar-refractivity contribution is 7.66. The van der Waals surface area contributed by atoms with Crippen LogP contribution in [-0.2, 0) is 48.2 Å². The van der Waals surface area contributed by atoms with Crippen molar-refractivity contribution in [2.45, 2.75) is 31.3 Å². The Balaban J connectivity index is 2.22. The number of aromatic amines is 1. The van der Waals surface area contributed by atoms with Gasteiger partial charge >= 0.3 is 35.1 Å². The van der Waals surface area contributed by atoms with Crippen molar-refractivity contribution in [3.8, 4) is 0 Å². The van der Waals surface area contributed by atoms with E-state index in [4.69, 9.17) is 24.2 Å². The highest BCUT2D eigenvalue weighted by atomic mass is 31.3. The summed E-state index contributed by atoms with van der Waals surface area (Å²) in [6, 6.07) is 0. The summed E-state index contributed by atoms with van der Waals surface area (Å²) in [4.78, 5) is 72.8. The Morgan fingerprint density at radius 3 is 2.30 bits per heavy atom. The number of phosphoric acid groups is 3. The second kappa shape index (κ2) is 10.00. The summed E-state index contributed by atoms with van der Waals surface area (Å²) in [6.07, 6.45) is -5.35. The number of hydrogen-bond acceptors (Lipinski definition) is 12. The van der Waals surface area contributed by atoms with Crippen molar-refractivity contribution in [3.63, 3.8) is 0 Å². The second-order valence-electron chi connectivity index (χ2n) is 6.50. The van der Waals surface area contributed by atoms with Crippen LogP contribution in [0, 0.1) is 0 Å². The number of H-pyrrole nitrogens is 1. The van der Waals surface area contributed by atoms with Gasteiger partial charge in [0.2, 0.25) is 0 Å². The largest absolute Gasteiger partial charge is 0.490 e. The number of aliphatic hydroxyl groups is 1. The van der Waals surface area contributed by atoms with Gasteiger partial charge in [-0.1, -0.05) is 0 Å². The number of carbonyl (C=O) groups is 1. The van der Waals surface area contributed by atoms with Gasteiger partial charge in [0, 0.05) is 20.2 Å². The number of esters is 1. The van der Waals surface area contributed by atoms with Crippen molar-refractivity contribution in [1.29, 1.82) is 0 Å². The van der Waals surface area contributed by atoms with E-state index in [0.717, 1.165) is 17.7 Å². The van der Waals surface area contributed by atoms with Crippen molar-refractivity contribution in [2.75, 3.05) is 6.61 Å². The predicted molar refractivity (Wildman–Crippen MR) is 101 cm³/mol. The molecule has 6 N–H and O–H groups in total. The molecule has 0 amide bonds. The van der Waals surface area contributed by atoms with E-state index in [9.17, 15) is 38.1 Å². The molecule has 21 heteroatoms. The molecular formula is C12H19N2O16P3. The smallest absolute Gasteiger partial charge is 0.457 e. The van der Waals surface area contributed by atoms with E-state index in [1.54, 1.807) is 0 Å². The maximum Gasteiger partial charge on any atom is 0.490 e. The molecule has 1 aliphatic heterocycles. The highest BCUT2D eigenvalue weighted by Crippen LogP contribution is 2.66. The fraction of sp³-hybridized carbons (Fsp3) is 0.583. The van der Waals surface area contributed by atoms with E-state index < -0.39 is 71.7 Å². The normalized spacial score (nSPS) is 27.0. The molecule has 0 spiro atoms. The van der Waals surface area contributed by atoms with Gasteiger partial charge in [0.05, 0.1) is 12.2 Å². The summed E-state index contributed by atoms with van der Waals surface area (Å²) < 4.78 is 56.7. The van der Waals surface area contributed by atoms with Gasteiger partial charge in [-0.25, -0.2) is 18.5 Å². The van der Waals surface area contributed by atoms with Crippen LogP contribution >= 0.6 is 23.5 Å². The van der Waals surface area contributed by atoms with Crippen molar-refractivity contribution < 1.29 is 65.8 Å². The van der Waals surface area contributed by atoms with Crippen LogP contribution in [0.2, 0.25) is 0 Å². The Morgan fingerprint density at radius 1 is 1.15 bits per heavy atom. The Morgan fingerprint density at radius 2 is 1.76 bits per heavy atom. The van der Waals surface area contributed by atoms with Gasteiger partial charge < -0.3 is 38.7 Å². The quantitative estimate of drug-likeness (QED) is 0.148. The molecule has 18 nitrogen and oxygen atoms in total. The van der Waals surface area contributed by atoms with E-state index >= 15 is 0 Å². The fourth-order valence-corrected chi connectivity index (χ4v) is 5.74. The van der Waals surface area contributed by atoms with E-state index in [1.165, 1.54) is 7.05 Å². The van der Waals surface area contributed by atoms with E-state index in [-0.39, 0.29) is 5.56 Å². The fourth-order valence-electron chi connectivity index (χ4n) is 2.71. The van der Waals surface area contributed by atoms with Crippen molar-refractivity contribution in [1.82, 2.24) is 9.55 Å². The van der Waals surface area contributed by atoms with Crippen LogP contribution in [0.1, 0.15) is 18.6 Å². The molecule has 1 aromatic heterocycles. The molecule has 1 aromatic rings. The predicted octanol–water partition coefficient (Wildman–Crippen LogP) is -1.85. The lowest BCUT2D eigenvalue weighted by molar-refractivity contribution is -0.153. The van der Waals surface area contributed by atoms with Crippen LogP contribution < -0.4 is 11.2 Å². The molecule has 1 aliphatic rings. The molecule has 0 saturated carbocycles. The first kappa shape index (κ1) is 27.7. The maximum absolute atomic E-state index is 12.2. The van der Waals surface area contributed by atoms with Crippen LogP contribution in [0.4, 0.5) is 0 Å². The van der Waals surface area contributed by atoms with Crippen LogP contribution in [0.5, 0.6) is 0 Å². The van der Waals surface area contributed by atoms with Crippen LogP contribution in [-0.4, -0.2) is 65.1 Å². The number of hydrogen-bond donors (Lipinski definition) is 6. The number of nitrogens with zero attached hydrogens (tertiary/aromatic N) is 1. The summed E-state index contributed by atoms with van der Waals surface area (Å²) in [7, 11) is -15.6. The van der Waals surface area contributed by atoms with Crippen molar-refractivity contribution in [3.05, 3.63) is 32.6 Å². The number of ether oxygens (including phenoxy) is 2. The lowest BCUT2D eigenvalue weighted by atomic mass is 10.0. The third-order valence-electron chi connectivity index (χ3n) is 3.90. The zero-order valence-corrected chi connectivity index (χ0v) is 19.3. The first-order chi connectivity index (χ1) is 14.9. The number of aromatic nitrogens is 2. The average molecular weight is 540 g/mol. The molecule has 0 aliphatic carbocycles. The number of aliphatic hydroxyl groups excluding tert-OH is 1. The van der Waals surface area contributed by atoms with Crippen LogP contribution in [0.3, 0.4) is 0 Å². The number of rotatable bonds is 9. The third kappa shape index (κ3) is 7.75. The third-order valence-corrected chi connectivity index (χ3v) is 7.70. The maximum atomic E-state index is 12.2. The zero-order chi connectivity index (χ0) is 25.4. The summed E-state index contributed by atoms with van der Waals surface area (Å²) in [5.41, 5.74) is -1.99. The van der Waals surface area contributed by atoms with Gasteiger partial charge in [0.15, 0.2) is 6.10 Å². The summed E-state index contributed by atoms with van der Waals surface area (Å²) in [6.45, 7) is -0.0864. The van der Waals surface area contributed by atoms with Gasteiger partial charge in [-0.3, -0.25) is 19.1 Å². The minimum Gasteiger partial charge on any atom is -0.457 e. The number of phosphoric ester groups is 1. The first-order valence-corrected chi connectivity index (χ1v) is 13.0. The first-order valence-electron chi connectivity index (χ1n) is 8.50. The highest BCUT2D eigenvalue weighted by Gasteiger charge is 2.49. The van der Waals surface area contributed by atoms with Crippen molar-refractivity contribution >= 4 is 29.4 Å². The molecule has 6 atom stereocenters. The summed E-state index contributed by atoms with van der Waals surface area (Å²) in [5.74, 6) is -0.901. The van der Waals surface area contributed by atoms with Gasteiger partial charge in [0.25, 0.3) is 5.56 Å². The Kier molecular flexibility index (Phi) is 8.40. The van der Waals surface area contributed by atoms with E-state index in [2.05, 4.69) is 13.1 Å². The monoisotopic (exact) mass is 540 g/mol. The Bertz CT molecular complexity index is 1150. The Labute approximate surface area is 183 Å². The molecule has 0 bridgehead atoms. The molecular weight excluding hydrogens is 521 g/mol. The lowest BCUT2D eigenvalue weighted by Gasteiger charge is -2.20. The SMILES string of the molecule is CC(=O)OC1C(O)[C@@H](COP(=O)(O)OP(=O)(O)OP(=O)(O)O)O[C@H]1c1cn(C)c(=O)[nH]c1=O. The van der Waals surface area contributed by atoms with Gasteiger partial charge in [0.1, 0.15) is 18.3 Å². The molecule has 1 fully saturated rings. The number of carbonyl (C=O) groups excluding carboxylic acids is 1. The van der Waals surface area contributed by atoms with Gasteiger partial charge in [-0.15, -0.1) is 0 Å². The molecule has 0 radical (unpaired) electrons. The summed E-state index contributed by atoms with van der Waals surface area (Å²) >= 11 is 0. The molecule has 188 valence electrons. The Hall–Kier alpha value is -1.52. The lowest BCUT2D eigenvalue weighted by Crippen LogP contribution is -2.38. The molecule has 2 rings (SSSR count). The molecule has 2 heterocycles. The summed E-state index contributed by atoms with van der Waals surface area (Å²) in [5, 5.41) is 10.4. The van der Waals surface area contributed by atoms with E-state index in [0.29, 0.717) is 0 Å². The second-order valence-corrected chi connectivity index (χ2v) is 10.9. The average Bonchev–Trinajstić information content (AvgIpc) is 2.89. The molecule has 0 aromatic carbocycles. The molecule has 33 heavy (non-hydrogen) atoms. The standard InChI is InChI=1S/C12H19N2O16P3/c1-5(15)27-10-8(16)7(28-9(10)6-3-14(2)12(18)13-11(6)17)4-26-32(22,23)30-33(24,25)29-31(19,20)21/h3,7-10,16H,4H2,1-2H3,(H,22,23)(H,24,25)(H,13,17,18)(H2,19,20,21)/t7-,8?,9+,10?/m1/s1. The minimum absolute atomic E-state index is 0.261. The molecule has 1 saturated heterocycles. The topological polar surface area (TPSA) is 270 Å². The zero-order valence-electron chi connectivity index (χ0n) is 16.6. The number of nitrogens with one attached hydrogen (secondary N) is 1. The van der Waals surface area contributed by atoms with Crippen LogP contribution in [0.15, 0.2) is 15.8 Å². The van der Waals surface area contributed by atoms with Crippen LogP contribution in [0.25, 0.3) is 0 Å². The van der Waals surface area contributed by atoms with E-state index in [1.807, 2.05) is 4.98 Å². The van der Waals surface area contributed by atoms with Gasteiger partial charge in [-0.2, -0.15) is 8.62 Å².